The molecule has 3 aromatic rings. The highest BCUT2D eigenvalue weighted by atomic mass is 35.5. The second-order valence-electron chi connectivity index (χ2n) is 4.60. The molecule has 0 aliphatic rings. The summed E-state index contributed by atoms with van der Waals surface area (Å²) in [6.45, 7) is 0.885. The van der Waals surface area contributed by atoms with Crippen molar-refractivity contribution in [3.05, 3.63) is 54.1 Å². The molecule has 0 spiro atoms. The maximum absolute atomic E-state index is 12.1. The molecule has 4 nitrogen and oxygen atoms in total. The van der Waals surface area contributed by atoms with Crippen LogP contribution in [0.3, 0.4) is 0 Å². The van der Waals surface area contributed by atoms with Gasteiger partial charge in [0.15, 0.2) is 0 Å². The highest BCUT2D eigenvalue weighted by Crippen LogP contribution is 2.22. The number of hydrogen-bond donors (Lipinski definition) is 2. The van der Waals surface area contributed by atoms with Crippen molar-refractivity contribution >= 4 is 52.5 Å². The molecule has 116 valence electrons. The monoisotopic (exact) mass is 337 g/mol. The van der Waals surface area contributed by atoms with Crippen LogP contribution in [0.15, 0.2) is 48.5 Å². The zero-order chi connectivity index (χ0) is 13.9. The average Bonchev–Trinajstić information content (AvgIpc) is 2.50. The summed E-state index contributed by atoms with van der Waals surface area (Å²) in [4.78, 5) is 16.8. The van der Waals surface area contributed by atoms with Crippen LogP contribution in [-0.2, 0) is 0 Å². The highest BCUT2D eigenvalue weighted by Gasteiger charge is 2.11. The molecule has 1 aromatic heterocycles. The number of fused-ring (bicyclic) bond motifs is 2. The number of hydrogen-bond acceptors (Lipinski definition) is 3. The number of pyridine rings is 1. The van der Waals surface area contributed by atoms with Gasteiger partial charge in [-0.15, -0.1) is 24.8 Å². The van der Waals surface area contributed by atoms with E-state index in [0.717, 1.165) is 21.8 Å². The Labute approximate surface area is 140 Å². The number of benzene rings is 2. The zero-order valence-corrected chi connectivity index (χ0v) is 13.4. The fraction of sp³-hybridized carbons (Fsp3) is 0.125. The lowest BCUT2D eigenvalue weighted by atomic mass is 10.1. The lowest BCUT2D eigenvalue weighted by Gasteiger charge is -2.08. The minimum atomic E-state index is -0.135. The fourth-order valence-corrected chi connectivity index (χ4v) is 2.27. The lowest BCUT2D eigenvalue weighted by Crippen LogP contribution is -2.29. The van der Waals surface area contributed by atoms with Crippen LogP contribution in [-0.4, -0.2) is 24.0 Å². The first-order chi connectivity index (χ1) is 9.79. The van der Waals surface area contributed by atoms with E-state index in [2.05, 4.69) is 16.4 Å². The Balaban J connectivity index is 0.00000121. The van der Waals surface area contributed by atoms with Crippen LogP contribution >= 0.6 is 24.8 Å². The van der Waals surface area contributed by atoms with Gasteiger partial charge in [0.05, 0.1) is 16.6 Å². The molecular weight excluding hydrogens is 321 g/mol. The molecule has 3 N–H and O–H groups in total. The number of para-hydroxylation sites is 2. The topological polar surface area (TPSA) is 68.0 Å². The minimum Gasteiger partial charge on any atom is -0.351 e. The first-order valence-corrected chi connectivity index (χ1v) is 6.56. The van der Waals surface area contributed by atoms with Gasteiger partial charge in [0, 0.05) is 23.9 Å². The number of amides is 1. The number of nitrogens with two attached hydrogens (primary N) is 1. The SMILES string of the molecule is Cl.Cl.NCCNC(=O)c1cccc2cc3ccccc3nc12. The van der Waals surface area contributed by atoms with Gasteiger partial charge in [-0.05, 0) is 18.2 Å². The molecule has 0 atom stereocenters. The summed E-state index contributed by atoms with van der Waals surface area (Å²) in [6.07, 6.45) is 0. The molecular formula is C16H17Cl2N3O. The van der Waals surface area contributed by atoms with E-state index in [-0.39, 0.29) is 30.7 Å². The van der Waals surface area contributed by atoms with E-state index >= 15 is 0 Å². The summed E-state index contributed by atoms with van der Waals surface area (Å²) in [5.74, 6) is -0.135. The van der Waals surface area contributed by atoms with E-state index in [1.807, 2.05) is 36.4 Å². The fourth-order valence-electron chi connectivity index (χ4n) is 2.27. The maximum atomic E-state index is 12.1. The van der Waals surface area contributed by atoms with Crippen molar-refractivity contribution in [2.45, 2.75) is 0 Å². The van der Waals surface area contributed by atoms with Gasteiger partial charge in [-0.25, -0.2) is 4.98 Å². The number of aromatic nitrogens is 1. The van der Waals surface area contributed by atoms with E-state index < -0.39 is 0 Å². The molecule has 6 heteroatoms. The van der Waals surface area contributed by atoms with Gasteiger partial charge < -0.3 is 11.1 Å². The average molecular weight is 338 g/mol. The van der Waals surface area contributed by atoms with Crippen LogP contribution < -0.4 is 11.1 Å². The molecule has 2 aromatic carbocycles. The van der Waals surface area contributed by atoms with Crippen molar-refractivity contribution in [2.75, 3.05) is 13.1 Å². The predicted molar refractivity (Wildman–Crippen MR) is 95.1 cm³/mol. The first kappa shape index (κ1) is 18.2. The van der Waals surface area contributed by atoms with Crippen LogP contribution in [0.2, 0.25) is 0 Å². The molecule has 1 amide bonds. The Morgan fingerprint density at radius 3 is 2.55 bits per heavy atom. The third kappa shape index (κ3) is 3.47. The van der Waals surface area contributed by atoms with Gasteiger partial charge in [-0.3, -0.25) is 4.79 Å². The Bertz CT molecular complexity index is 793. The second kappa shape index (κ2) is 7.94. The predicted octanol–water partition coefficient (Wildman–Crippen LogP) is 2.92. The summed E-state index contributed by atoms with van der Waals surface area (Å²) in [5, 5.41) is 4.82. The first-order valence-electron chi connectivity index (χ1n) is 6.56. The van der Waals surface area contributed by atoms with Crippen molar-refractivity contribution in [3.63, 3.8) is 0 Å². The molecule has 3 rings (SSSR count). The Morgan fingerprint density at radius 1 is 1.05 bits per heavy atom. The molecule has 22 heavy (non-hydrogen) atoms. The van der Waals surface area contributed by atoms with Crippen LogP contribution in [0, 0.1) is 0 Å². The number of halogens is 2. The quantitative estimate of drug-likeness (QED) is 0.722. The van der Waals surface area contributed by atoms with Crippen LogP contribution in [0.1, 0.15) is 10.4 Å². The van der Waals surface area contributed by atoms with E-state index in [0.29, 0.717) is 18.7 Å². The van der Waals surface area contributed by atoms with Gasteiger partial charge in [0.1, 0.15) is 0 Å². The van der Waals surface area contributed by atoms with E-state index in [1.54, 1.807) is 6.07 Å². The third-order valence-electron chi connectivity index (χ3n) is 3.22. The van der Waals surface area contributed by atoms with E-state index in [1.165, 1.54) is 0 Å². The number of nitrogens with one attached hydrogen (secondary N) is 1. The van der Waals surface area contributed by atoms with Crippen LogP contribution in [0.5, 0.6) is 0 Å². The Morgan fingerprint density at radius 2 is 1.77 bits per heavy atom. The van der Waals surface area contributed by atoms with E-state index in [9.17, 15) is 4.79 Å². The van der Waals surface area contributed by atoms with Gasteiger partial charge >= 0.3 is 0 Å². The summed E-state index contributed by atoms with van der Waals surface area (Å²) in [5.41, 5.74) is 7.61. The Kier molecular flexibility index (Phi) is 6.56. The molecule has 0 fully saturated rings. The standard InChI is InChI=1S/C16H15N3O.2ClH/c17-8-9-18-16(20)13-6-3-5-12-10-11-4-1-2-7-14(11)19-15(12)13;;/h1-7,10H,8-9,17H2,(H,18,20);2*1H. The van der Waals surface area contributed by atoms with E-state index in [4.69, 9.17) is 5.73 Å². The molecule has 0 radical (unpaired) electrons. The smallest absolute Gasteiger partial charge is 0.253 e. The number of nitrogens with zero attached hydrogens (tertiary/aromatic N) is 1. The molecule has 1 heterocycles. The van der Waals surface area contributed by atoms with Crippen LogP contribution in [0.25, 0.3) is 21.8 Å². The minimum absolute atomic E-state index is 0. The number of rotatable bonds is 3. The molecule has 0 aliphatic carbocycles. The summed E-state index contributed by atoms with van der Waals surface area (Å²) in [6, 6.07) is 15.6. The van der Waals surface area contributed by atoms with Crippen molar-refractivity contribution in [1.82, 2.24) is 10.3 Å². The van der Waals surface area contributed by atoms with Gasteiger partial charge in [-0.1, -0.05) is 30.3 Å². The largest absolute Gasteiger partial charge is 0.351 e. The molecule has 0 saturated heterocycles. The lowest BCUT2D eigenvalue weighted by molar-refractivity contribution is 0.0956. The molecule has 0 saturated carbocycles. The Hall–Kier alpha value is -1.88. The number of carbonyl (C=O) groups is 1. The van der Waals surface area contributed by atoms with Gasteiger partial charge in [0.2, 0.25) is 0 Å². The zero-order valence-electron chi connectivity index (χ0n) is 11.8. The number of carbonyl (C=O) groups excluding carboxylic acids is 1. The van der Waals surface area contributed by atoms with Crippen molar-refractivity contribution in [2.24, 2.45) is 5.73 Å². The molecule has 0 unspecified atom stereocenters. The summed E-state index contributed by atoms with van der Waals surface area (Å²) in [7, 11) is 0. The molecule has 0 bridgehead atoms. The highest BCUT2D eigenvalue weighted by molar-refractivity contribution is 6.07. The van der Waals surface area contributed by atoms with Crippen molar-refractivity contribution in [1.29, 1.82) is 0 Å². The van der Waals surface area contributed by atoms with Crippen LogP contribution in [0.4, 0.5) is 0 Å². The van der Waals surface area contributed by atoms with Crippen molar-refractivity contribution in [3.8, 4) is 0 Å². The normalized spacial score (nSPS) is 9.86. The third-order valence-corrected chi connectivity index (χ3v) is 3.22. The van der Waals surface area contributed by atoms with Gasteiger partial charge in [0.25, 0.3) is 5.91 Å². The maximum Gasteiger partial charge on any atom is 0.253 e. The molecule has 0 aliphatic heterocycles. The van der Waals surface area contributed by atoms with Crippen molar-refractivity contribution < 1.29 is 4.79 Å². The summed E-state index contributed by atoms with van der Waals surface area (Å²) < 4.78 is 0. The second-order valence-corrected chi connectivity index (χ2v) is 4.60. The van der Waals surface area contributed by atoms with Gasteiger partial charge in [-0.2, -0.15) is 0 Å². The summed E-state index contributed by atoms with van der Waals surface area (Å²) >= 11 is 0.